The number of rotatable bonds is 8. The van der Waals surface area contributed by atoms with Gasteiger partial charge in [-0.05, 0) is 23.6 Å². The first-order chi connectivity index (χ1) is 12.0. The first kappa shape index (κ1) is 18.7. The van der Waals surface area contributed by atoms with Crippen molar-refractivity contribution < 1.29 is 19.1 Å². The Labute approximate surface area is 147 Å². The van der Waals surface area contributed by atoms with Crippen LogP contribution in [-0.2, 0) is 11.3 Å². The number of furan rings is 1. The molecule has 0 aliphatic heterocycles. The number of amides is 2. The van der Waals surface area contributed by atoms with Crippen LogP contribution in [0.4, 0.5) is 0 Å². The third-order valence-corrected chi connectivity index (χ3v) is 3.86. The van der Waals surface area contributed by atoms with Gasteiger partial charge in [0.15, 0.2) is 5.76 Å². The third-order valence-electron chi connectivity index (χ3n) is 3.86. The molecule has 0 fully saturated rings. The molecule has 2 rings (SSSR count). The van der Waals surface area contributed by atoms with E-state index in [2.05, 4.69) is 5.32 Å². The minimum Gasteiger partial charge on any atom is -0.459 e. The molecule has 1 unspecified atom stereocenters. The zero-order chi connectivity index (χ0) is 18.2. The first-order valence-corrected chi connectivity index (χ1v) is 8.31. The molecule has 134 valence electrons. The second-order valence-corrected chi connectivity index (χ2v) is 6.14. The van der Waals surface area contributed by atoms with Gasteiger partial charge in [-0.15, -0.1) is 0 Å². The summed E-state index contributed by atoms with van der Waals surface area (Å²) >= 11 is 0. The van der Waals surface area contributed by atoms with Gasteiger partial charge in [0, 0.05) is 13.1 Å². The molecule has 0 radical (unpaired) electrons. The predicted octanol–water partition coefficient (Wildman–Crippen LogP) is 2.06. The fraction of sp³-hybridized carbons (Fsp3) is 0.368. The van der Waals surface area contributed by atoms with E-state index in [1.807, 2.05) is 44.2 Å². The maximum atomic E-state index is 13.0. The van der Waals surface area contributed by atoms with Crippen LogP contribution in [0.3, 0.4) is 0 Å². The molecule has 0 aliphatic rings. The van der Waals surface area contributed by atoms with E-state index in [1.165, 1.54) is 6.26 Å². The molecule has 25 heavy (non-hydrogen) atoms. The van der Waals surface area contributed by atoms with Gasteiger partial charge >= 0.3 is 0 Å². The summed E-state index contributed by atoms with van der Waals surface area (Å²) in [6.45, 7) is 4.17. The molecule has 1 heterocycles. The van der Waals surface area contributed by atoms with E-state index in [0.29, 0.717) is 6.54 Å². The number of nitrogens with zero attached hydrogens (tertiary/aromatic N) is 1. The van der Waals surface area contributed by atoms with Gasteiger partial charge in [0.05, 0.1) is 12.9 Å². The summed E-state index contributed by atoms with van der Waals surface area (Å²) in [5, 5.41) is 12.1. The van der Waals surface area contributed by atoms with Crippen molar-refractivity contribution >= 4 is 11.8 Å². The van der Waals surface area contributed by atoms with E-state index < -0.39 is 11.9 Å². The molecule has 1 aromatic heterocycles. The topological polar surface area (TPSA) is 82.8 Å². The lowest BCUT2D eigenvalue weighted by Gasteiger charge is -2.29. The molecule has 0 aliphatic carbocycles. The summed E-state index contributed by atoms with van der Waals surface area (Å²) in [5.41, 5.74) is 0.962. The number of carbonyl (C=O) groups excluding carboxylic acids is 2. The summed E-state index contributed by atoms with van der Waals surface area (Å²) in [4.78, 5) is 26.8. The van der Waals surface area contributed by atoms with Crippen molar-refractivity contribution in [1.29, 1.82) is 0 Å². The van der Waals surface area contributed by atoms with Crippen LogP contribution < -0.4 is 5.32 Å². The van der Waals surface area contributed by atoms with Gasteiger partial charge in [-0.1, -0.05) is 44.2 Å². The lowest BCUT2D eigenvalue weighted by molar-refractivity contribution is -0.135. The molecule has 2 aromatic rings. The van der Waals surface area contributed by atoms with E-state index >= 15 is 0 Å². The van der Waals surface area contributed by atoms with Crippen LogP contribution in [0.1, 0.15) is 30.0 Å². The quantitative estimate of drug-likeness (QED) is 0.768. The van der Waals surface area contributed by atoms with Crippen LogP contribution in [0.25, 0.3) is 0 Å². The number of hydrogen-bond donors (Lipinski definition) is 2. The highest BCUT2D eigenvalue weighted by molar-refractivity contribution is 5.95. The highest BCUT2D eigenvalue weighted by Crippen LogP contribution is 2.12. The van der Waals surface area contributed by atoms with Crippen LogP contribution in [0.2, 0.25) is 0 Å². The number of aliphatic hydroxyl groups is 1. The molecule has 2 N–H and O–H groups in total. The molecular formula is C19H24N2O4. The van der Waals surface area contributed by atoms with Gasteiger partial charge in [0.25, 0.3) is 5.91 Å². The molecule has 0 saturated carbocycles. The minimum absolute atomic E-state index is 0.108. The summed E-state index contributed by atoms with van der Waals surface area (Å²) in [6.07, 6.45) is 1.41. The molecule has 0 spiro atoms. The van der Waals surface area contributed by atoms with Crippen LogP contribution in [-0.4, -0.2) is 41.0 Å². The van der Waals surface area contributed by atoms with Crippen molar-refractivity contribution in [2.75, 3.05) is 13.2 Å². The van der Waals surface area contributed by atoms with Crippen LogP contribution in [0.15, 0.2) is 53.1 Å². The molecule has 6 nitrogen and oxygen atoms in total. The average Bonchev–Trinajstić information content (AvgIpc) is 3.14. The highest BCUT2D eigenvalue weighted by atomic mass is 16.3. The average molecular weight is 344 g/mol. The van der Waals surface area contributed by atoms with Crippen LogP contribution in [0, 0.1) is 5.92 Å². The van der Waals surface area contributed by atoms with Gasteiger partial charge in [0.2, 0.25) is 5.91 Å². The van der Waals surface area contributed by atoms with Crippen molar-refractivity contribution in [3.05, 3.63) is 60.1 Å². The first-order valence-electron chi connectivity index (χ1n) is 8.31. The third kappa shape index (κ3) is 5.19. The smallest absolute Gasteiger partial charge is 0.287 e. The molecule has 1 atom stereocenters. The van der Waals surface area contributed by atoms with Gasteiger partial charge in [0.1, 0.15) is 6.04 Å². The molecular weight excluding hydrogens is 320 g/mol. The Morgan fingerprint density at radius 2 is 1.88 bits per heavy atom. The Balaban J connectivity index is 2.13. The zero-order valence-electron chi connectivity index (χ0n) is 14.5. The van der Waals surface area contributed by atoms with E-state index in [-0.39, 0.29) is 30.7 Å². The molecule has 2 amide bonds. The largest absolute Gasteiger partial charge is 0.459 e. The van der Waals surface area contributed by atoms with Crippen LogP contribution in [0.5, 0.6) is 0 Å². The van der Waals surface area contributed by atoms with Gasteiger partial charge in [-0.3, -0.25) is 9.59 Å². The van der Waals surface area contributed by atoms with E-state index in [4.69, 9.17) is 4.42 Å². The summed E-state index contributed by atoms with van der Waals surface area (Å²) in [6, 6.07) is 12.0. The zero-order valence-corrected chi connectivity index (χ0v) is 14.5. The Morgan fingerprint density at radius 3 is 2.44 bits per heavy atom. The lowest BCUT2D eigenvalue weighted by atomic mass is 10.0. The van der Waals surface area contributed by atoms with Crippen LogP contribution >= 0.6 is 0 Å². The van der Waals surface area contributed by atoms with Crippen molar-refractivity contribution in [1.82, 2.24) is 10.2 Å². The minimum atomic E-state index is -0.701. The summed E-state index contributed by atoms with van der Waals surface area (Å²) in [5.74, 6) is -0.605. The van der Waals surface area contributed by atoms with E-state index in [1.54, 1.807) is 17.0 Å². The Hall–Kier alpha value is -2.60. The van der Waals surface area contributed by atoms with Crippen molar-refractivity contribution in [2.24, 2.45) is 5.92 Å². The Kier molecular flexibility index (Phi) is 6.77. The van der Waals surface area contributed by atoms with Gasteiger partial charge in [-0.25, -0.2) is 0 Å². The SMILES string of the molecule is CC(C)C(NC(=O)c1ccco1)C(=O)N(CCO)Cc1ccccc1. The fourth-order valence-corrected chi connectivity index (χ4v) is 2.52. The molecule has 1 aromatic carbocycles. The number of benzene rings is 1. The normalized spacial score (nSPS) is 12.0. The molecule has 6 heteroatoms. The van der Waals surface area contributed by atoms with Crippen molar-refractivity contribution in [2.45, 2.75) is 26.4 Å². The maximum Gasteiger partial charge on any atom is 0.287 e. The van der Waals surface area contributed by atoms with Crippen molar-refractivity contribution in [3.63, 3.8) is 0 Å². The van der Waals surface area contributed by atoms with Crippen molar-refractivity contribution in [3.8, 4) is 0 Å². The number of hydrogen-bond acceptors (Lipinski definition) is 4. The lowest BCUT2D eigenvalue weighted by Crippen LogP contribution is -2.51. The fourth-order valence-electron chi connectivity index (χ4n) is 2.52. The molecule has 0 bridgehead atoms. The molecule has 0 saturated heterocycles. The Morgan fingerprint density at radius 1 is 1.16 bits per heavy atom. The summed E-state index contributed by atoms with van der Waals surface area (Å²) in [7, 11) is 0. The number of nitrogens with one attached hydrogen (secondary N) is 1. The Bertz CT molecular complexity index is 668. The second kappa shape index (κ2) is 9.03. The number of carbonyl (C=O) groups is 2. The van der Waals surface area contributed by atoms with Gasteiger partial charge in [-0.2, -0.15) is 0 Å². The highest BCUT2D eigenvalue weighted by Gasteiger charge is 2.29. The summed E-state index contributed by atoms with van der Waals surface area (Å²) < 4.78 is 5.08. The second-order valence-electron chi connectivity index (χ2n) is 6.14. The maximum absolute atomic E-state index is 13.0. The van der Waals surface area contributed by atoms with E-state index in [0.717, 1.165) is 5.56 Å². The van der Waals surface area contributed by atoms with Gasteiger partial charge < -0.3 is 19.7 Å². The predicted molar refractivity (Wildman–Crippen MR) is 93.7 cm³/mol. The monoisotopic (exact) mass is 344 g/mol. The van der Waals surface area contributed by atoms with E-state index in [9.17, 15) is 14.7 Å². The standard InChI is InChI=1S/C19H24N2O4/c1-14(2)17(20-18(23)16-9-6-12-25-16)19(24)21(10-11-22)13-15-7-4-3-5-8-15/h3-9,12,14,17,22H,10-11,13H2,1-2H3,(H,20,23). The number of aliphatic hydroxyl groups excluding tert-OH is 1.